The molecule has 1 aliphatic rings. The van der Waals surface area contributed by atoms with E-state index in [1.807, 2.05) is 31.2 Å². The Balaban J connectivity index is 1.89. The summed E-state index contributed by atoms with van der Waals surface area (Å²) < 4.78 is 11.7. The fourth-order valence-corrected chi connectivity index (χ4v) is 3.65. The van der Waals surface area contributed by atoms with E-state index in [4.69, 9.17) is 9.47 Å². The molecule has 0 saturated heterocycles. The summed E-state index contributed by atoms with van der Waals surface area (Å²) in [6.45, 7) is 12.7. The maximum atomic E-state index is 12.9. The first-order valence-electron chi connectivity index (χ1n) is 10.4. The van der Waals surface area contributed by atoms with Crippen molar-refractivity contribution in [1.29, 1.82) is 0 Å². The number of likely N-dealkylation sites (N-methyl/N-ethyl adjacent to an activating group) is 1. The predicted octanol–water partition coefficient (Wildman–Crippen LogP) is 4.33. The standard InChI is InChI=1S/C22H36N2O3/c1-5-24(6-2)16-17-26-20-10-8-19(9-11-20)23-21(25)22(27-7-3)14-12-18(4)13-15-22/h8-11,18H,5-7,12-17H2,1-4H3,(H,23,25). The number of nitrogens with zero attached hydrogens (tertiary/aromatic N) is 1. The first-order valence-corrected chi connectivity index (χ1v) is 10.4. The Kier molecular flexibility index (Phi) is 8.58. The molecular formula is C22H36N2O3. The molecule has 1 fully saturated rings. The number of nitrogens with one attached hydrogen (secondary N) is 1. The average Bonchev–Trinajstić information content (AvgIpc) is 2.68. The Morgan fingerprint density at radius 3 is 2.33 bits per heavy atom. The molecule has 27 heavy (non-hydrogen) atoms. The van der Waals surface area contributed by atoms with Crippen LogP contribution in [0.3, 0.4) is 0 Å². The van der Waals surface area contributed by atoms with Gasteiger partial charge in [0.25, 0.3) is 5.91 Å². The average molecular weight is 377 g/mol. The molecule has 0 heterocycles. The number of anilines is 1. The van der Waals surface area contributed by atoms with E-state index in [1.54, 1.807) is 0 Å². The van der Waals surface area contributed by atoms with Crippen molar-refractivity contribution in [3.63, 3.8) is 0 Å². The number of hydrogen-bond donors (Lipinski definition) is 1. The highest BCUT2D eigenvalue weighted by molar-refractivity contribution is 5.97. The maximum absolute atomic E-state index is 12.9. The number of benzene rings is 1. The fourth-order valence-electron chi connectivity index (χ4n) is 3.65. The highest BCUT2D eigenvalue weighted by atomic mass is 16.5. The van der Waals surface area contributed by atoms with Crippen LogP contribution in [0.25, 0.3) is 0 Å². The summed E-state index contributed by atoms with van der Waals surface area (Å²) >= 11 is 0. The molecule has 1 amide bonds. The van der Waals surface area contributed by atoms with E-state index in [0.29, 0.717) is 19.1 Å². The van der Waals surface area contributed by atoms with Gasteiger partial charge in [-0.1, -0.05) is 20.8 Å². The first-order chi connectivity index (χ1) is 13.0. The van der Waals surface area contributed by atoms with Gasteiger partial charge in [-0.3, -0.25) is 4.79 Å². The Labute approximate surface area is 164 Å². The first kappa shape index (κ1) is 21.7. The molecule has 1 N–H and O–H groups in total. The molecule has 0 unspecified atom stereocenters. The summed E-state index contributed by atoms with van der Waals surface area (Å²) in [4.78, 5) is 15.2. The van der Waals surface area contributed by atoms with Gasteiger partial charge in [0.15, 0.2) is 0 Å². The predicted molar refractivity (Wildman–Crippen MR) is 110 cm³/mol. The van der Waals surface area contributed by atoms with Crippen LogP contribution in [0.4, 0.5) is 5.69 Å². The van der Waals surface area contributed by atoms with Crippen LogP contribution in [0.15, 0.2) is 24.3 Å². The number of carbonyl (C=O) groups is 1. The molecule has 0 spiro atoms. The van der Waals surface area contributed by atoms with E-state index in [9.17, 15) is 4.79 Å². The van der Waals surface area contributed by atoms with Gasteiger partial charge in [0.2, 0.25) is 0 Å². The fraction of sp³-hybridized carbons (Fsp3) is 0.682. The van der Waals surface area contributed by atoms with Gasteiger partial charge < -0.3 is 19.7 Å². The highest BCUT2D eigenvalue weighted by Gasteiger charge is 2.41. The lowest BCUT2D eigenvalue weighted by Gasteiger charge is -2.37. The van der Waals surface area contributed by atoms with E-state index in [1.165, 1.54) is 0 Å². The van der Waals surface area contributed by atoms with Gasteiger partial charge in [-0.05, 0) is 75.9 Å². The van der Waals surface area contributed by atoms with Crippen molar-refractivity contribution < 1.29 is 14.3 Å². The zero-order chi connectivity index (χ0) is 19.7. The summed E-state index contributed by atoms with van der Waals surface area (Å²) in [6, 6.07) is 7.62. The molecule has 152 valence electrons. The molecule has 0 aliphatic heterocycles. The SMILES string of the molecule is CCOC1(C(=O)Nc2ccc(OCCN(CC)CC)cc2)CCC(C)CC1. The molecule has 0 radical (unpaired) electrons. The van der Waals surface area contributed by atoms with Crippen molar-refractivity contribution in [2.24, 2.45) is 5.92 Å². The van der Waals surface area contributed by atoms with Crippen molar-refractivity contribution in [3.8, 4) is 5.75 Å². The topological polar surface area (TPSA) is 50.8 Å². The van der Waals surface area contributed by atoms with Crippen LogP contribution in [0.2, 0.25) is 0 Å². The number of ether oxygens (including phenoxy) is 2. The van der Waals surface area contributed by atoms with E-state index in [2.05, 4.69) is 31.0 Å². The van der Waals surface area contributed by atoms with E-state index in [0.717, 1.165) is 56.8 Å². The second-order valence-corrected chi connectivity index (χ2v) is 7.46. The molecule has 1 aromatic carbocycles. The van der Waals surface area contributed by atoms with E-state index >= 15 is 0 Å². The molecule has 1 saturated carbocycles. The summed E-state index contributed by atoms with van der Waals surface area (Å²) in [5.74, 6) is 1.47. The second-order valence-electron chi connectivity index (χ2n) is 7.46. The van der Waals surface area contributed by atoms with Crippen LogP contribution in [-0.4, -0.2) is 49.3 Å². The number of amides is 1. The van der Waals surface area contributed by atoms with Crippen LogP contribution >= 0.6 is 0 Å². The lowest BCUT2D eigenvalue weighted by molar-refractivity contribution is -0.146. The summed E-state index contributed by atoms with van der Waals surface area (Å²) in [7, 11) is 0. The zero-order valence-corrected chi connectivity index (χ0v) is 17.4. The third kappa shape index (κ3) is 6.22. The molecule has 1 aliphatic carbocycles. The lowest BCUT2D eigenvalue weighted by Crippen LogP contribution is -2.48. The van der Waals surface area contributed by atoms with Crippen LogP contribution in [-0.2, 0) is 9.53 Å². The molecule has 5 heteroatoms. The molecule has 0 atom stereocenters. The summed E-state index contributed by atoms with van der Waals surface area (Å²) in [5, 5.41) is 3.04. The second kappa shape index (κ2) is 10.7. The number of carbonyl (C=O) groups excluding carboxylic acids is 1. The summed E-state index contributed by atoms with van der Waals surface area (Å²) in [5.41, 5.74) is 0.106. The minimum atomic E-state index is -0.680. The van der Waals surface area contributed by atoms with E-state index < -0.39 is 5.60 Å². The zero-order valence-electron chi connectivity index (χ0n) is 17.4. The number of rotatable bonds is 10. The van der Waals surface area contributed by atoms with Gasteiger partial charge in [0.05, 0.1) is 0 Å². The molecule has 0 bridgehead atoms. The van der Waals surface area contributed by atoms with Gasteiger partial charge in [-0.2, -0.15) is 0 Å². The van der Waals surface area contributed by atoms with Gasteiger partial charge in [0.1, 0.15) is 18.0 Å². The minimum Gasteiger partial charge on any atom is -0.492 e. The molecule has 1 aromatic rings. The lowest BCUT2D eigenvalue weighted by atomic mass is 9.78. The Morgan fingerprint density at radius 1 is 1.15 bits per heavy atom. The third-order valence-corrected chi connectivity index (χ3v) is 5.60. The van der Waals surface area contributed by atoms with Gasteiger partial charge >= 0.3 is 0 Å². The van der Waals surface area contributed by atoms with Crippen molar-refractivity contribution in [3.05, 3.63) is 24.3 Å². The quantitative estimate of drug-likeness (QED) is 0.660. The third-order valence-electron chi connectivity index (χ3n) is 5.60. The summed E-state index contributed by atoms with van der Waals surface area (Å²) in [6.07, 6.45) is 3.65. The van der Waals surface area contributed by atoms with E-state index in [-0.39, 0.29) is 5.91 Å². The monoisotopic (exact) mass is 376 g/mol. The number of hydrogen-bond acceptors (Lipinski definition) is 4. The van der Waals surface area contributed by atoms with Crippen molar-refractivity contribution >= 4 is 11.6 Å². The Hall–Kier alpha value is -1.59. The highest BCUT2D eigenvalue weighted by Crippen LogP contribution is 2.35. The normalized spacial score (nSPS) is 22.6. The van der Waals surface area contributed by atoms with Crippen LogP contribution in [0.5, 0.6) is 5.75 Å². The molecule has 2 rings (SSSR count). The largest absolute Gasteiger partial charge is 0.492 e. The van der Waals surface area contributed by atoms with Gasteiger partial charge in [-0.15, -0.1) is 0 Å². The van der Waals surface area contributed by atoms with Crippen LogP contribution < -0.4 is 10.1 Å². The maximum Gasteiger partial charge on any atom is 0.256 e. The Morgan fingerprint density at radius 2 is 1.78 bits per heavy atom. The van der Waals surface area contributed by atoms with Crippen LogP contribution in [0.1, 0.15) is 53.4 Å². The molecule has 0 aromatic heterocycles. The van der Waals surface area contributed by atoms with Crippen molar-refractivity contribution in [2.75, 3.05) is 38.2 Å². The van der Waals surface area contributed by atoms with Gasteiger partial charge in [-0.25, -0.2) is 0 Å². The molecular weight excluding hydrogens is 340 g/mol. The van der Waals surface area contributed by atoms with Crippen molar-refractivity contribution in [2.45, 2.75) is 59.0 Å². The smallest absolute Gasteiger partial charge is 0.256 e. The Bertz CT molecular complexity index is 561. The van der Waals surface area contributed by atoms with Crippen molar-refractivity contribution in [1.82, 2.24) is 4.90 Å². The van der Waals surface area contributed by atoms with Crippen LogP contribution in [0, 0.1) is 5.92 Å². The molecule has 5 nitrogen and oxygen atoms in total. The van der Waals surface area contributed by atoms with Gasteiger partial charge in [0, 0.05) is 18.8 Å². The minimum absolute atomic E-state index is 0.0218.